The van der Waals surface area contributed by atoms with Gasteiger partial charge in [-0.15, -0.1) is 0 Å². The highest BCUT2D eigenvalue weighted by atomic mass is 16.3. The molecule has 0 aliphatic carbocycles. The summed E-state index contributed by atoms with van der Waals surface area (Å²) >= 11 is 0. The molecule has 1 aromatic carbocycles. The van der Waals surface area contributed by atoms with Crippen LogP contribution in [0.2, 0.25) is 0 Å². The third-order valence-corrected chi connectivity index (χ3v) is 9.04. The highest BCUT2D eigenvalue weighted by molar-refractivity contribution is 5.95. The summed E-state index contributed by atoms with van der Waals surface area (Å²) in [7, 11) is 0. The zero-order valence-corrected chi connectivity index (χ0v) is 28.9. The molecule has 11 nitrogen and oxygen atoms in total. The summed E-state index contributed by atoms with van der Waals surface area (Å²) in [6.45, 7) is 5.94. The van der Waals surface area contributed by atoms with Crippen LogP contribution in [0.3, 0.4) is 0 Å². The van der Waals surface area contributed by atoms with Gasteiger partial charge in [0.1, 0.15) is 12.6 Å². The minimum Gasteiger partial charge on any atom is -0.389 e. The number of aliphatic hydroxyl groups excluding tert-OH is 1. The van der Waals surface area contributed by atoms with Crippen molar-refractivity contribution in [1.82, 2.24) is 25.1 Å². The van der Waals surface area contributed by atoms with Crippen LogP contribution in [0.1, 0.15) is 96.2 Å². The second kappa shape index (κ2) is 20.4. The molecule has 1 aliphatic rings. The van der Waals surface area contributed by atoms with E-state index in [1.165, 1.54) is 36.6 Å². The molecule has 0 bridgehead atoms. The average Bonchev–Trinajstić information content (AvgIpc) is 3.74. The van der Waals surface area contributed by atoms with Gasteiger partial charge in [-0.3, -0.25) is 19.2 Å². The number of carbonyl (C=O) groups excluding carboxylic acids is 5. The van der Waals surface area contributed by atoms with Gasteiger partial charge in [-0.25, -0.2) is 4.98 Å². The normalized spacial score (nSPS) is 16.3. The van der Waals surface area contributed by atoms with Gasteiger partial charge in [0.25, 0.3) is 0 Å². The van der Waals surface area contributed by atoms with E-state index >= 15 is 0 Å². The smallest absolute Gasteiger partial charge is 0.389 e. The molecule has 3 N–H and O–H groups in total. The Kier molecular flexibility index (Phi) is 16.4. The summed E-state index contributed by atoms with van der Waals surface area (Å²) in [6, 6.07) is 7.85. The lowest BCUT2D eigenvalue weighted by atomic mass is 9.90. The number of imidazole rings is 1. The fourth-order valence-electron chi connectivity index (χ4n) is 6.41. The first-order chi connectivity index (χ1) is 23.1. The lowest BCUT2D eigenvalue weighted by Crippen LogP contribution is -2.51. The van der Waals surface area contributed by atoms with Gasteiger partial charge in [-0.1, -0.05) is 69.9 Å². The van der Waals surface area contributed by atoms with Crippen LogP contribution >= 0.6 is 0 Å². The van der Waals surface area contributed by atoms with Crippen LogP contribution in [0.15, 0.2) is 42.9 Å². The van der Waals surface area contributed by atoms with Crippen molar-refractivity contribution in [2.24, 2.45) is 11.8 Å². The summed E-state index contributed by atoms with van der Waals surface area (Å²) in [4.78, 5) is 69.6. The standard InChI is InChI=1S/C37H53N5O6/c1-27(2)20-33(40-37(48)34-17-13-19-42(34)28(3)45)35(46)22-30(36(47)39-31(24-43)25-44)21-32-23-38-26-41(32)18-12-7-5-4-6-9-14-29-15-10-8-11-16-29/h8,10-11,15-16,23,26-27,30-31,33-34,43H,4-7,9,12-14,17-22,24H2,1-3H3,(H-,39,40,47,48)/p+1/t30-,31+,33+,34+/m1/s1. The van der Waals surface area contributed by atoms with E-state index in [9.17, 15) is 29.1 Å². The van der Waals surface area contributed by atoms with Crippen molar-refractivity contribution in [2.75, 3.05) is 13.2 Å². The van der Waals surface area contributed by atoms with E-state index in [2.05, 4.69) is 39.9 Å². The highest BCUT2D eigenvalue weighted by Gasteiger charge is 2.36. The number of nitrogens with zero attached hydrogens (tertiary/aromatic N) is 3. The molecule has 1 saturated heterocycles. The summed E-state index contributed by atoms with van der Waals surface area (Å²) in [6.07, 6.45) is 14.5. The molecule has 11 heteroatoms. The van der Waals surface area contributed by atoms with Gasteiger partial charge >= 0.3 is 12.3 Å². The molecule has 4 atom stereocenters. The molecule has 3 rings (SSSR count). The average molecular weight is 665 g/mol. The van der Waals surface area contributed by atoms with Crippen molar-refractivity contribution in [2.45, 2.75) is 122 Å². The quantitative estimate of drug-likeness (QED) is 0.128. The number of aryl methyl sites for hydroxylation is 2. The topological polar surface area (TPSA) is 151 Å². The summed E-state index contributed by atoms with van der Waals surface area (Å²) < 4.78 is 2.00. The number of rotatable bonds is 22. The van der Waals surface area contributed by atoms with Gasteiger partial charge in [-0.05, 0) is 50.0 Å². The third kappa shape index (κ3) is 12.6. The minimum atomic E-state index is -1.21. The number of nitrogens with one attached hydrogen (secondary N) is 2. The van der Waals surface area contributed by atoms with Crippen molar-refractivity contribution in [3.8, 4) is 0 Å². The van der Waals surface area contributed by atoms with Gasteiger partial charge in [0, 0.05) is 49.5 Å². The molecule has 1 fully saturated rings. The molecule has 2 aromatic rings. The zero-order valence-electron chi connectivity index (χ0n) is 28.9. The van der Waals surface area contributed by atoms with E-state index in [0.717, 1.165) is 37.9 Å². The van der Waals surface area contributed by atoms with Crippen LogP contribution < -0.4 is 10.6 Å². The van der Waals surface area contributed by atoms with Crippen molar-refractivity contribution in [3.63, 3.8) is 0 Å². The second-order valence-electron chi connectivity index (χ2n) is 13.4. The number of hydrogen-bond donors (Lipinski definition) is 3. The number of amides is 3. The molecule has 0 saturated carbocycles. The second-order valence-corrected chi connectivity index (χ2v) is 13.4. The fraction of sp³-hybridized carbons (Fsp3) is 0.622. The van der Waals surface area contributed by atoms with Crippen molar-refractivity contribution in [3.05, 3.63) is 54.1 Å². The van der Waals surface area contributed by atoms with Gasteiger partial charge in [0.05, 0.1) is 18.3 Å². The SMILES string of the molecule is CC(=O)N1CCC[C@H]1C(=O)N[C@@H](CC(C)C)C(=O)C[C@@H](Cc1cncn1CCCCCCCCc1ccccc1)C(=O)N[C@H]([C+]=O)CO. The molecule has 0 radical (unpaired) electrons. The van der Waals surface area contributed by atoms with E-state index in [0.29, 0.717) is 25.8 Å². The predicted octanol–water partition coefficient (Wildman–Crippen LogP) is 3.71. The molecular formula is C37H54N5O6+. The highest BCUT2D eigenvalue weighted by Crippen LogP contribution is 2.21. The van der Waals surface area contributed by atoms with E-state index in [1.54, 1.807) is 18.8 Å². The van der Waals surface area contributed by atoms with Crippen LogP contribution in [-0.2, 0) is 43.4 Å². The van der Waals surface area contributed by atoms with E-state index in [4.69, 9.17) is 0 Å². The molecule has 3 amide bonds. The lowest BCUT2D eigenvalue weighted by Gasteiger charge is -2.27. The lowest BCUT2D eigenvalue weighted by molar-refractivity contribution is -0.138. The van der Waals surface area contributed by atoms with E-state index in [-0.39, 0.29) is 36.4 Å². The first-order valence-electron chi connectivity index (χ1n) is 17.5. The molecule has 1 aromatic heterocycles. The van der Waals surface area contributed by atoms with Crippen molar-refractivity contribution in [1.29, 1.82) is 0 Å². The maximum absolute atomic E-state index is 13.8. The number of ketones is 1. The van der Waals surface area contributed by atoms with Crippen LogP contribution in [0.25, 0.3) is 0 Å². The third-order valence-electron chi connectivity index (χ3n) is 9.04. The zero-order chi connectivity index (χ0) is 34.9. The maximum atomic E-state index is 13.8. The maximum Gasteiger partial charge on any atom is 0.535 e. The summed E-state index contributed by atoms with van der Waals surface area (Å²) in [5, 5.41) is 14.9. The summed E-state index contributed by atoms with van der Waals surface area (Å²) in [5.74, 6) is -2.20. The Balaban J connectivity index is 1.61. The Labute approximate surface area is 285 Å². The Bertz CT molecular complexity index is 1310. The Morgan fingerprint density at radius 1 is 1.02 bits per heavy atom. The van der Waals surface area contributed by atoms with Crippen molar-refractivity contribution < 1.29 is 29.1 Å². The number of likely N-dealkylation sites (tertiary alicyclic amines) is 1. The number of aromatic nitrogens is 2. The molecule has 0 unspecified atom stereocenters. The number of Topliss-reactive ketones (excluding diaryl/α,β-unsaturated/α-hetero) is 1. The molecule has 0 spiro atoms. The van der Waals surface area contributed by atoms with Gasteiger partial charge in [0.2, 0.25) is 17.7 Å². The van der Waals surface area contributed by atoms with Crippen LogP contribution in [0.4, 0.5) is 0 Å². The molecule has 1 aliphatic heterocycles. The van der Waals surface area contributed by atoms with E-state index < -0.39 is 36.6 Å². The van der Waals surface area contributed by atoms with E-state index in [1.807, 2.05) is 24.5 Å². The first-order valence-corrected chi connectivity index (χ1v) is 17.5. The molecule has 2 heterocycles. The van der Waals surface area contributed by atoms with Crippen molar-refractivity contribution >= 4 is 29.8 Å². The fourth-order valence-corrected chi connectivity index (χ4v) is 6.41. The number of hydrogen-bond acceptors (Lipinski definition) is 7. The Morgan fingerprint density at radius 2 is 1.73 bits per heavy atom. The molecule has 262 valence electrons. The van der Waals surface area contributed by atoms with Gasteiger partial charge in [-0.2, -0.15) is 0 Å². The largest absolute Gasteiger partial charge is 0.535 e. The summed E-state index contributed by atoms with van der Waals surface area (Å²) in [5.41, 5.74) is 2.16. The van der Waals surface area contributed by atoms with Gasteiger partial charge in [0.15, 0.2) is 5.78 Å². The number of benzene rings is 1. The minimum absolute atomic E-state index is 0.0766. The number of unbranched alkanes of at least 4 members (excludes halogenated alkanes) is 5. The number of carbonyl (C=O) groups is 4. The van der Waals surface area contributed by atoms with Crippen LogP contribution in [0, 0.1) is 11.8 Å². The van der Waals surface area contributed by atoms with Gasteiger partial charge < -0.3 is 25.2 Å². The number of aliphatic hydroxyl groups is 1. The first kappa shape index (κ1) is 38.5. The Hall–Kier alpha value is -3.95. The monoisotopic (exact) mass is 664 g/mol. The molecular weight excluding hydrogens is 610 g/mol. The van der Waals surface area contributed by atoms with Crippen LogP contribution in [0.5, 0.6) is 0 Å². The predicted molar refractivity (Wildman–Crippen MR) is 183 cm³/mol. The Morgan fingerprint density at radius 3 is 2.40 bits per heavy atom. The molecule has 48 heavy (non-hydrogen) atoms. The van der Waals surface area contributed by atoms with Crippen LogP contribution in [-0.4, -0.2) is 80.6 Å².